The van der Waals surface area contributed by atoms with Gasteiger partial charge in [-0.3, -0.25) is 0 Å². The molecule has 0 atom stereocenters. The number of rotatable bonds is 5. The van der Waals surface area contributed by atoms with Gasteiger partial charge < -0.3 is 5.11 Å². The smallest absolute Gasteiger partial charge is 0.122 e. The Hall–Kier alpha value is -0.980. The number of phenols is 1. The van der Waals surface area contributed by atoms with E-state index in [9.17, 15) is 5.11 Å². The molecule has 1 aliphatic carbocycles. The Morgan fingerprint density at radius 3 is 2.69 bits per heavy atom. The van der Waals surface area contributed by atoms with Crippen molar-refractivity contribution in [3.05, 3.63) is 29.3 Å². The number of benzene rings is 1. The van der Waals surface area contributed by atoms with Crippen molar-refractivity contribution in [1.82, 2.24) is 0 Å². The Labute approximate surface area is 98.5 Å². The largest absolute Gasteiger partial charge is 0.507 e. The predicted octanol–water partition coefficient (Wildman–Crippen LogP) is 4.25. The molecule has 1 nitrogen and oxygen atoms in total. The molecule has 0 saturated heterocycles. The van der Waals surface area contributed by atoms with Crippen LogP contribution in [-0.2, 0) is 6.42 Å². The lowest BCUT2D eigenvalue weighted by atomic mass is 9.96. The van der Waals surface area contributed by atoms with Crippen LogP contribution in [0.5, 0.6) is 5.75 Å². The van der Waals surface area contributed by atoms with Gasteiger partial charge in [0.05, 0.1) is 0 Å². The second-order valence-corrected chi connectivity index (χ2v) is 5.35. The molecule has 1 fully saturated rings. The van der Waals surface area contributed by atoms with Gasteiger partial charge >= 0.3 is 0 Å². The molecule has 1 aromatic carbocycles. The van der Waals surface area contributed by atoms with Crippen LogP contribution in [0.25, 0.3) is 0 Å². The Morgan fingerprint density at radius 2 is 2.06 bits per heavy atom. The summed E-state index contributed by atoms with van der Waals surface area (Å²) in [6.45, 7) is 4.26. The van der Waals surface area contributed by atoms with E-state index in [0.717, 1.165) is 23.5 Å². The van der Waals surface area contributed by atoms with Crippen LogP contribution in [-0.4, -0.2) is 5.11 Å². The molecule has 1 aromatic rings. The quantitative estimate of drug-likeness (QED) is 0.783. The van der Waals surface area contributed by atoms with E-state index in [2.05, 4.69) is 26.0 Å². The van der Waals surface area contributed by atoms with Crippen molar-refractivity contribution >= 4 is 0 Å². The average Bonchev–Trinajstić information content (AvgIpc) is 3.04. The summed E-state index contributed by atoms with van der Waals surface area (Å²) in [5, 5.41) is 10.1. The number of phenolic OH excluding ortho intramolecular Hbond substituents is 1. The fourth-order valence-electron chi connectivity index (χ4n) is 2.27. The van der Waals surface area contributed by atoms with Crippen molar-refractivity contribution in [2.75, 3.05) is 0 Å². The summed E-state index contributed by atoms with van der Waals surface area (Å²) >= 11 is 0. The van der Waals surface area contributed by atoms with Crippen LogP contribution in [0.15, 0.2) is 18.2 Å². The molecule has 0 unspecified atom stereocenters. The third-order valence-corrected chi connectivity index (χ3v) is 3.53. The van der Waals surface area contributed by atoms with Crippen LogP contribution in [0.1, 0.15) is 56.6 Å². The van der Waals surface area contributed by atoms with Crippen LogP contribution in [0.2, 0.25) is 0 Å². The van der Waals surface area contributed by atoms with Gasteiger partial charge in [-0.2, -0.15) is 0 Å². The summed E-state index contributed by atoms with van der Waals surface area (Å²) < 4.78 is 0. The minimum Gasteiger partial charge on any atom is -0.507 e. The Morgan fingerprint density at radius 1 is 1.31 bits per heavy atom. The second-order valence-electron chi connectivity index (χ2n) is 5.35. The van der Waals surface area contributed by atoms with Crippen molar-refractivity contribution in [2.24, 2.45) is 5.92 Å². The number of para-hydroxylation sites is 1. The van der Waals surface area contributed by atoms with Crippen LogP contribution in [0, 0.1) is 5.92 Å². The van der Waals surface area contributed by atoms with E-state index in [1.165, 1.54) is 25.7 Å². The van der Waals surface area contributed by atoms with Crippen LogP contribution in [0.4, 0.5) is 0 Å². The number of aryl methyl sites for hydroxylation is 1. The maximum atomic E-state index is 10.1. The van der Waals surface area contributed by atoms with Crippen molar-refractivity contribution < 1.29 is 5.11 Å². The van der Waals surface area contributed by atoms with Crippen molar-refractivity contribution in [3.8, 4) is 5.75 Å². The highest BCUT2D eigenvalue weighted by atomic mass is 16.3. The number of hydrogen-bond acceptors (Lipinski definition) is 1. The van der Waals surface area contributed by atoms with Gasteiger partial charge in [0.2, 0.25) is 0 Å². The zero-order valence-corrected chi connectivity index (χ0v) is 10.4. The summed E-state index contributed by atoms with van der Waals surface area (Å²) in [6, 6.07) is 6.17. The molecule has 0 spiro atoms. The fraction of sp³-hybridized carbons (Fsp3) is 0.600. The summed E-state index contributed by atoms with van der Waals surface area (Å²) in [7, 11) is 0. The molecule has 1 heteroatoms. The van der Waals surface area contributed by atoms with Gasteiger partial charge in [-0.15, -0.1) is 0 Å². The Balaban J connectivity index is 1.98. The van der Waals surface area contributed by atoms with E-state index >= 15 is 0 Å². The van der Waals surface area contributed by atoms with E-state index in [1.807, 2.05) is 6.07 Å². The van der Waals surface area contributed by atoms with Gasteiger partial charge in [-0.1, -0.05) is 51.3 Å². The van der Waals surface area contributed by atoms with Gasteiger partial charge in [-0.25, -0.2) is 0 Å². The standard InChI is InChI=1S/C15H22O/c1-11(2)14-8-4-7-13(15(14)16)6-3-5-12-9-10-12/h4,7-8,11-12,16H,3,5-6,9-10H2,1-2H3. The molecule has 88 valence electrons. The lowest BCUT2D eigenvalue weighted by molar-refractivity contribution is 0.456. The molecule has 0 aliphatic heterocycles. The van der Waals surface area contributed by atoms with Gasteiger partial charge in [0.25, 0.3) is 0 Å². The molecule has 2 rings (SSSR count). The van der Waals surface area contributed by atoms with Gasteiger partial charge in [0.15, 0.2) is 0 Å². The fourth-order valence-corrected chi connectivity index (χ4v) is 2.27. The highest BCUT2D eigenvalue weighted by Crippen LogP contribution is 2.35. The molecule has 1 aliphatic rings. The molecule has 1 N–H and O–H groups in total. The van der Waals surface area contributed by atoms with E-state index in [0.29, 0.717) is 11.7 Å². The monoisotopic (exact) mass is 218 g/mol. The Kier molecular flexibility index (Phi) is 3.52. The first-order chi connectivity index (χ1) is 7.68. The minimum absolute atomic E-state index is 0.406. The first-order valence-corrected chi connectivity index (χ1v) is 6.49. The molecule has 0 bridgehead atoms. The zero-order valence-electron chi connectivity index (χ0n) is 10.4. The first-order valence-electron chi connectivity index (χ1n) is 6.49. The minimum atomic E-state index is 0.406. The molecule has 0 amide bonds. The van der Waals surface area contributed by atoms with Crippen LogP contribution in [0.3, 0.4) is 0 Å². The van der Waals surface area contributed by atoms with E-state index < -0.39 is 0 Å². The predicted molar refractivity (Wildman–Crippen MR) is 67.9 cm³/mol. The highest BCUT2D eigenvalue weighted by molar-refractivity contribution is 5.42. The molecule has 0 radical (unpaired) electrons. The molecule has 1 saturated carbocycles. The SMILES string of the molecule is CC(C)c1cccc(CCCC2CC2)c1O. The summed E-state index contributed by atoms with van der Waals surface area (Å²) in [5.74, 6) is 1.94. The third-order valence-electron chi connectivity index (χ3n) is 3.53. The van der Waals surface area contributed by atoms with E-state index in [1.54, 1.807) is 0 Å². The van der Waals surface area contributed by atoms with Gasteiger partial charge in [0.1, 0.15) is 5.75 Å². The average molecular weight is 218 g/mol. The molecule has 0 heterocycles. The van der Waals surface area contributed by atoms with Gasteiger partial charge in [0, 0.05) is 0 Å². The summed E-state index contributed by atoms with van der Waals surface area (Å²) in [6.07, 6.45) is 6.45. The zero-order chi connectivity index (χ0) is 11.5. The van der Waals surface area contributed by atoms with Crippen LogP contribution >= 0.6 is 0 Å². The van der Waals surface area contributed by atoms with Gasteiger partial charge in [-0.05, 0) is 35.8 Å². The molecular weight excluding hydrogens is 196 g/mol. The van der Waals surface area contributed by atoms with E-state index in [4.69, 9.17) is 0 Å². The maximum Gasteiger partial charge on any atom is 0.122 e. The summed E-state index contributed by atoms with van der Waals surface area (Å²) in [5.41, 5.74) is 2.22. The lowest BCUT2D eigenvalue weighted by Gasteiger charge is -2.12. The highest BCUT2D eigenvalue weighted by Gasteiger charge is 2.20. The summed E-state index contributed by atoms with van der Waals surface area (Å²) in [4.78, 5) is 0. The van der Waals surface area contributed by atoms with Crippen molar-refractivity contribution in [1.29, 1.82) is 0 Å². The van der Waals surface area contributed by atoms with E-state index in [-0.39, 0.29) is 0 Å². The maximum absolute atomic E-state index is 10.1. The molecular formula is C15H22O. The third kappa shape index (κ3) is 2.78. The topological polar surface area (TPSA) is 20.2 Å². The second kappa shape index (κ2) is 4.90. The number of hydrogen-bond donors (Lipinski definition) is 1. The first kappa shape index (κ1) is 11.5. The van der Waals surface area contributed by atoms with Crippen molar-refractivity contribution in [3.63, 3.8) is 0 Å². The number of aromatic hydroxyl groups is 1. The Bertz CT molecular complexity index is 350. The normalized spacial score (nSPS) is 15.7. The molecule has 16 heavy (non-hydrogen) atoms. The molecule has 0 aromatic heterocycles. The van der Waals surface area contributed by atoms with Crippen molar-refractivity contribution in [2.45, 2.75) is 51.9 Å². The lowest BCUT2D eigenvalue weighted by Crippen LogP contribution is -1.93. The van der Waals surface area contributed by atoms with Crippen LogP contribution < -0.4 is 0 Å².